The van der Waals surface area contributed by atoms with E-state index in [1.165, 1.54) is 44.9 Å². The molecule has 0 aliphatic rings. The molecule has 0 aromatic carbocycles. The van der Waals surface area contributed by atoms with Gasteiger partial charge in [-0.05, 0) is 27.2 Å². The second kappa shape index (κ2) is 13.3. The molecule has 1 N–H and O–H groups in total. The summed E-state index contributed by atoms with van der Waals surface area (Å²) in [6, 6.07) is 0. The Labute approximate surface area is 141 Å². The van der Waals surface area contributed by atoms with E-state index in [1.807, 2.05) is 0 Å². The van der Waals surface area contributed by atoms with E-state index < -0.39 is 13.4 Å². The molecule has 1 atom stereocenters. The molecular weight excluding hydrogens is 319 g/mol. The van der Waals surface area contributed by atoms with Gasteiger partial charge in [-0.2, -0.15) is 0 Å². The molecule has 0 aliphatic carbocycles. The SMILES string of the molecule is CCCCCCCCCCCCOOP(=O)(O)OOC(C)(C)C. The fourth-order valence-electron chi connectivity index (χ4n) is 1.92. The van der Waals surface area contributed by atoms with E-state index in [4.69, 9.17) is 9.78 Å². The van der Waals surface area contributed by atoms with E-state index in [1.54, 1.807) is 20.8 Å². The summed E-state index contributed by atoms with van der Waals surface area (Å²) in [4.78, 5) is 18.8. The molecule has 0 amide bonds. The molecule has 0 aliphatic heterocycles. The second-order valence-electron chi connectivity index (χ2n) is 6.82. The quantitative estimate of drug-likeness (QED) is 0.176. The van der Waals surface area contributed by atoms with Crippen LogP contribution in [0.2, 0.25) is 0 Å². The molecule has 0 heterocycles. The molecule has 7 heteroatoms. The van der Waals surface area contributed by atoms with Gasteiger partial charge in [0.1, 0.15) is 0 Å². The molecule has 140 valence electrons. The summed E-state index contributed by atoms with van der Waals surface area (Å²) in [6.07, 6.45) is 12.1. The zero-order valence-corrected chi connectivity index (χ0v) is 16.1. The predicted molar refractivity (Wildman–Crippen MR) is 90.6 cm³/mol. The van der Waals surface area contributed by atoms with Gasteiger partial charge >= 0.3 is 7.82 Å². The van der Waals surface area contributed by atoms with Crippen molar-refractivity contribution in [1.82, 2.24) is 0 Å². The average Bonchev–Trinajstić information content (AvgIpc) is 2.46. The molecule has 0 fully saturated rings. The van der Waals surface area contributed by atoms with Gasteiger partial charge in [-0.15, -0.1) is 9.35 Å². The molecule has 0 bridgehead atoms. The van der Waals surface area contributed by atoms with Crippen molar-refractivity contribution >= 4 is 7.82 Å². The van der Waals surface area contributed by atoms with Gasteiger partial charge in [0, 0.05) is 0 Å². The molecule has 0 aromatic heterocycles. The maximum atomic E-state index is 11.4. The first-order valence-electron chi connectivity index (χ1n) is 8.78. The van der Waals surface area contributed by atoms with Crippen molar-refractivity contribution in [2.24, 2.45) is 0 Å². The van der Waals surface area contributed by atoms with Gasteiger partial charge in [-0.1, -0.05) is 64.7 Å². The lowest BCUT2D eigenvalue weighted by Gasteiger charge is -2.18. The Morgan fingerprint density at radius 1 is 0.826 bits per heavy atom. The molecule has 6 nitrogen and oxygen atoms in total. The zero-order valence-electron chi connectivity index (χ0n) is 15.2. The molecule has 0 rings (SSSR count). The summed E-state index contributed by atoms with van der Waals surface area (Å²) in [5.74, 6) is 0. The Morgan fingerprint density at radius 3 is 1.78 bits per heavy atom. The van der Waals surface area contributed by atoms with Crippen molar-refractivity contribution in [3.8, 4) is 0 Å². The Balaban J connectivity index is 3.37. The molecular formula is C16H35O6P. The molecule has 0 radical (unpaired) electrons. The topological polar surface area (TPSA) is 74.2 Å². The van der Waals surface area contributed by atoms with Crippen LogP contribution in [-0.4, -0.2) is 17.1 Å². The minimum absolute atomic E-state index is 0.264. The van der Waals surface area contributed by atoms with Crippen molar-refractivity contribution in [3.63, 3.8) is 0 Å². The minimum atomic E-state index is -4.31. The van der Waals surface area contributed by atoms with Crippen LogP contribution in [0.3, 0.4) is 0 Å². The molecule has 1 unspecified atom stereocenters. The van der Waals surface area contributed by atoms with E-state index in [2.05, 4.69) is 16.3 Å². The van der Waals surface area contributed by atoms with Crippen LogP contribution in [0.4, 0.5) is 0 Å². The van der Waals surface area contributed by atoms with E-state index in [0.29, 0.717) is 0 Å². The summed E-state index contributed by atoms with van der Waals surface area (Å²) in [6.45, 7) is 7.57. The van der Waals surface area contributed by atoms with E-state index >= 15 is 0 Å². The first-order chi connectivity index (χ1) is 10.8. The summed E-state index contributed by atoms with van der Waals surface area (Å²) >= 11 is 0. The molecule has 0 saturated carbocycles. The summed E-state index contributed by atoms with van der Waals surface area (Å²) < 4.78 is 20.1. The highest BCUT2D eigenvalue weighted by Crippen LogP contribution is 2.44. The van der Waals surface area contributed by atoms with Crippen LogP contribution in [0.1, 0.15) is 91.9 Å². The van der Waals surface area contributed by atoms with Crippen LogP contribution in [0.5, 0.6) is 0 Å². The van der Waals surface area contributed by atoms with Gasteiger partial charge in [0.2, 0.25) is 0 Å². The minimum Gasteiger partial charge on any atom is -0.299 e. The first kappa shape index (κ1) is 23.0. The van der Waals surface area contributed by atoms with Crippen LogP contribution in [-0.2, 0) is 23.7 Å². The van der Waals surface area contributed by atoms with Gasteiger partial charge < -0.3 is 0 Å². The third kappa shape index (κ3) is 18.2. The smallest absolute Gasteiger partial charge is 0.299 e. The highest BCUT2D eigenvalue weighted by atomic mass is 31.2. The van der Waals surface area contributed by atoms with Gasteiger partial charge in [0.15, 0.2) is 0 Å². The van der Waals surface area contributed by atoms with Crippen LogP contribution in [0, 0.1) is 0 Å². The largest absolute Gasteiger partial charge is 0.526 e. The summed E-state index contributed by atoms with van der Waals surface area (Å²) in [5, 5.41) is 0. The highest BCUT2D eigenvalue weighted by molar-refractivity contribution is 7.47. The first-order valence-corrected chi connectivity index (χ1v) is 10.3. The normalized spacial score (nSPS) is 14.8. The summed E-state index contributed by atoms with van der Waals surface area (Å²) in [5.41, 5.74) is -0.696. The third-order valence-electron chi connectivity index (χ3n) is 3.11. The number of hydrogen-bond donors (Lipinski definition) is 1. The van der Waals surface area contributed by atoms with Gasteiger partial charge in [-0.3, -0.25) is 4.89 Å². The Kier molecular flexibility index (Phi) is 13.4. The molecule has 0 saturated heterocycles. The van der Waals surface area contributed by atoms with Crippen molar-refractivity contribution in [2.45, 2.75) is 97.5 Å². The lowest BCUT2D eigenvalue weighted by molar-refractivity contribution is -0.315. The van der Waals surface area contributed by atoms with Gasteiger partial charge in [0.25, 0.3) is 0 Å². The van der Waals surface area contributed by atoms with Gasteiger partial charge in [-0.25, -0.2) is 14.3 Å². The summed E-state index contributed by atoms with van der Waals surface area (Å²) in [7, 11) is -4.31. The highest BCUT2D eigenvalue weighted by Gasteiger charge is 2.27. The number of phosphoric acid groups is 1. The average molecular weight is 354 g/mol. The zero-order chi connectivity index (χ0) is 17.6. The lowest BCUT2D eigenvalue weighted by atomic mass is 10.1. The number of hydrogen-bond acceptors (Lipinski definition) is 5. The third-order valence-corrected chi connectivity index (χ3v) is 3.67. The van der Waals surface area contributed by atoms with Crippen molar-refractivity contribution in [3.05, 3.63) is 0 Å². The van der Waals surface area contributed by atoms with Crippen molar-refractivity contribution in [1.29, 1.82) is 0 Å². The number of rotatable bonds is 15. The second-order valence-corrected chi connectivity index (χ2v) is 8.05. The standard InChI is InChI=1S/C16H35O6P/c1-5-6-7-8-9-10-11-12-13-14-15-19-21-23(17,18)22-20-16(2,3)4/h5-15H2,1-4H3,(H,17,18). The van der Waals surface area contributed by atoms with E-state index in [9.17, 15) is 9.46 Å². The van der Waals surface area contributed by atoms with Crippen LogP contribution in [0.25, 0.3) is 0 Å². The number of unbranched alkanes of at least 4 members (excludes halogenated alkanes) is 9. The fourth-order valence-corrected chi connectivity index (χ4v) is 2.47. The van der Waals surface area contributed by atoms with Crippen molar-refractivity contribution < 1.29 is 28.6 Å². The van der Waals surface area contributed by atoms with E-state index in [-0.39, 0.29) is 6.61 Å². The lowest BCUT2D eigenvalue weighted by Crippen LogP contribution is -2.18. The van der Waals surface area contributed by atoms with Crippen LogP contribution in [0.15, 0.2) is 0 Å². The van der Waals surface area contributed by atoms with Crippen LogP contribution < -0.4 is 0 Å². The maximum Gasteiger partial charge on any atom is 0.526 e. The van der Waals surface area contributed by atoms with Crippen molar-refractivity contribution in [2.75, 3.05) is 6.61 Å². The Bertz CT molecular complexity index is 316. The molecule has 0 aromatic rings. The van der Waals surface area contributed by atoms with Crippen LogP contribution >= 0.6 is 7.82 Å². The maximum absolute atomic E-state index is 11.4. The van der Waals surface area contributed by atoms with E-state index in [0.717, 1.165) is 19.3 Å². The fraction of sp³-hybridized carbons (Fsp3) is 1.00. The molecule has 23 heavy (non-hydrogen) atoms. The van der Waals surface area contributed by atoms with Gasteiger partial charge in [0.05, 0.1) is 12.2 Å². The molecule has 0 spiro atoms. The monoisotopic (exact) mass is 354 g/mol. The Morgan fingerprint density at radius 2 is 1.30 bits per heavy atom. The Hall–Kier alpha value is 0.0300. The predicted octanol–water partition coefficient (Wildman–Crippen LogP) is 5.70.